The summed E-state index contributed by atoms with van der Waals surface area (Å²) in [6, 6.07) is 13.0. The molecular weight excluding hydrogens is 461 g/mol. The average Bonchev–Trinajstić information content (AvgIpc) is 3.42. The Morgan fingerprint density at radius 3 is 2.76 bits per heavy atom. The molecule has 3 aromatic rings. The van der Waals surface area contributed by atoms with Crippen LogP contribution in [-0.2, 0) is 6.54 Å². The van der Waals surface area contributed by atoms with E-state index in [4.69, 9.17) is 27.9 Å². The van der Waals surface area contributed by atoms with Gasteiger partial charge in [0.1, 0.15) is 17.9 Å². The Labute approximate surface area is 202 Å². The number of amides is 2. The number of likely N-dealkylation sites (tertiary alicyclic amines) is 1. The van der Waals surface area contributed by atoms with E-state index in [1.165, 1.54) is 0 Å². The van der Waals surface area contributed by atoms with E-state index in [-0.39, 0.29) is 18.1 Å². The highest BCUT2D eigenvalue weighted by Gasteiger charge is 2.35. The monoisotopic (exact) mass is 485 g/mol. The molecule has 0 aliphatic carbocycles. The van der Waals surface area contributed by atoms with E-state index >= 15 is 0 Å². The number of aromatic nitrogens is 3. The largest absolute Gasteiger partial charge is 0.493 e. The zero-order valence-corrected chi connectivity index (χ0v) is 19.6. The molecule has 1 aromatic heterocycles. The maximum atomic E-state index is 13.4. The molecule has 33 heavy (non-hydrogen) atoms. The molecule has 0 radical (unpaired) electrons. The third-order valence-corrected chi connectivity index (χ3v) is 6.73. The molecule has 9 heteroatoms. The lowest BCUT2D eigenvalue weighted by molar-refractivity contribution is 0.185. The second-order valence-corrected chi connectivity index (χ2v) is 9.30. The number of benzene rings is 2. The van der Waals surface area contributed by atoms with Crippen molar-refractivity contribution in [1.29, 1.82) is 0 Å². The van der Waals surface area contributed by atoms with Crippen LogP contribution in [-0.4, -0.2) is 38.8 Å². The summed E-state index contributed by atoms with van der Waals surface area (Å²) in [7, 11) is 0. The Kier molecular flexibility index (Phi) is 6.42. The van der Waals surface area contributed by atoms with Gasteiger partial charge < -0.3 is 15.0 Å². The van der Waals surface area contributed by atoms with Gasteiger partial charge in [0, 0.05) is 22.2 Å². The van der Waals surface area contributed by atoms with Crippen molar-refractivity contribution in [3.8, 4) is 5.75 Å². The number of nitrogens with one attached hydrogen (secondary N) is 1. The first-order valence-corrected chi connectivity index (χ1v) is 12.0. The minimum atomic E-state index is -0.125. The summed E-state index contributed by atoms with van der Waals surface area (Å²) in [5.74, 6) is 1.54. The molecule has 0 saturated carbocycles. The van der Waals surface area contributed by atoms with Crippen LogP contribution >= 0.6 is 23.2 Å². The topological polar surface area (TPSA) is 72.3 Å². The molecule has 2 aromatic carbocycles. The van der Waals surface area contributed by atoms with E-state index in [0.29, 0.717) is 29.7 Å². The molecule has 0 bridgehead atoms. The van der Waals surface area contributed by atoms with Crippen molar-refractivity contribution in [2.24, 2.45) is 0 Å². The first kappa shape index (κ1) is 22.0. The summed E-state index contributed by atoms with van der Waals surface area (Å²) < 4.78 is 7.72. The standard InChI is InChI=1S/C24H25Cl2N5O2/c25-17-7-5-16(6-8-17)14-31-23(27-15-28-31)21-4-1-11-30(21)24(32)29-20-3-2-12-33-22-13-18(26)9-10-19(20)22/h5-10,13,15,20-21H,1-4,11-12,14H2,(H,29,32). The predicted molar refractivity (Wildman–Crippen MR) is 127 cm³/mol. The van der Waals surface area contributed by atoms with Crippen LogP contribution < -0.4 is 10.1 Å². The third-order valence-electron chi connectivity index (χ3n) is 6.25. The smallest absolute Gasteiger partial charge is 0.318 e. The van der Waals surface area contributed by atoms with Crippen molar-refractivity contribution in [2.45, 2.75) is 44.3 Å². The van der Waals surface area contributed by atoms with E-state index in [2.05, 4.69) is 15.4 Å². The van der Waals surface area contributed by atoms with Crippen molar-refractivity contribution in [2.75, 3.05) is 13.2 Å². The lowest BCUT2D eigenvalue weighted by Gasteiger charge is -2.27. The van der Waals surface area contributed by atoms with Gasteiger partial charge in [-0.2, -0.15) is 5.10 Å². The Morgan fingerprint density at radius 1 is 1.09 bits per heavy atom. The molecule has 0 spiro atoms. The fraction of sp³-hybridized carbons (Fsp3) is 0.375. The summed E-state index contributed by atoms with van der Waals surface area (Å²) in [5.41, 5.74) is 2.04. The Morgan fingerprint density at radius 2 is 1.91 bits per heavy atom. The lowest BCUT2D eigenvalue weighted by Crippen LogP contribution is -2.41. The quantitative estimate of drug-likeness (QED) is 0.537. The summed E-state index contributed by atoms with van der Waals surface area (Å²) >= 11 is 12.2. The zero-order chi connectivity index (χ0) is 22.8. The number of hydrogen-bond donors (Lipinski definition) is 1. The number of hydrogen-bond acceptors (Lipinski definition) is 4. The Bertz CT molecular complexity index is 1130. The molecule has 2 amide bonds. The van der Waals surface area contributed by atoms with Gasteiger partial charge in [0.15, 0.2) is 0 Å². The zero-order valence-electron chi connectivity index (χ0n) is 18.1. The maximum Gasteiger partial charge on any atom is 0.318 e. The number of ether oxygens (including phenoxy) is 1. The summed E-state index contributed by atoms with van der Waals surface area (Å²) in [6.45, 7) is 1.87. The first-order chi connectivity index (χ1) is 16.1. The second kappa shape index (κ2) is 9.61. The molecule has 2 aliphatic heterocycles. The van der Waals surface area contributed by atoms with E-state index in [9.17, 15) is 4.79 Å². The van der Waals surface area contributed by atoms with E-state index in [0.717, 1.165) is 48.4 Å². The predicted octanol–water partition coefficient (Wildman–Crippen LogP) is 5.39. The van der Waals surface area contributed by atoms with Crippen molar-refractivity contribution in [1.82, 2.24) is 25.0 Å². The van der Waals surface area contributed by atoms with Crippen molar-refractivity contribution in [3.05, 3.63) is 75.8 Å². The molecule has 1 saturated heterocycles. The Hall–Kier alpha value is -2.77. The summed E-state index contributed by atoms with van der Waals surface area (Å²) in [6.07, 6.45) is 5.00. The van der Waals surface area contributed by atoms with Crippen LogP contribution in [0.25, 0.3) is 0 Å². The number of fused-ring (bicyclic) bond motifs is 1. The number of halogens is 2. The Balaban J connectivity index is 1.33. The van der Waals surface area contributed by atoms with Crippen LogP contribution in [0.4, 0.5) is 4.79 Å². The van der Waals surface area contributed by atoms with Gasteiger partial charge in [0.05, 0.1) is 25.2 Å². The van der Waals surface area contributed by atoms with E-state index in [1.54, 1.807) is 6.33 Å². The van der Waals surface area contributed by atoms with Gasteiger partial charge in [-0.1, -0.05) is 41.4 Å². The minimum Gasteiger partial charge on any atom is -0.493 e. The number of carbonyl (C=O) groups is 1. The highest BCUT2D eigenvalue weighted by Crippen LogP contribution is 2.35. The molecule has 5 rings (SSSR count). The first-order valence-electron chi connectivity index (χ1n) is 11.2. The van der Waals surface area contributed by atoms with Crippen LogP contribution in [0.15, 0.2) is 48.8 Å². The number of urea groups is 1. The highest BCUT2D eigenvalue weighted by molar-refractivity contribution is 6.30. The van der Waals surface area contributed by atoms with Gasteiger partial charge in [-0.25, -0.2) is 14.5 Å². The SMILES string of the molecule is O=C(NC1CCCOc2cc(Cl)ccc21)N1CCCC1c1ncnn1Cc1ccc(Cl)cc1. The van der Waals surface area contributed by atoms with Crippen LogP contribution in [0.1, 0.15) is 54.7 Å². The van der Waals surface area contributed by atoms with Crippen LogP contribution in [0.3, 0.4) is 0 Å². The molecule has 7 nitrogen and oxygen atoms in total. The van der Waals surface area contributed by atoms with Crippen LogP contribution in [0.5, 0.6) is 5.75 Å². The summed E-state index contributed by atoms with van der Waals surface area (Å²) in [4.78, 5) is 19.8. The van der Waals surface area contributed by atoms with Crippen LogP contribution in [0.2, 0.25) is 10.0 Å². The van der Waals surface area contributed by atoms with E-state index < -0.39 is 0 Å². The normalized spacial score (nSPS) is 20.1. The third kappa shape index (κ3) is 4.80. The molecule has 2 atom stereocenters. The summed E-state index contributed by atoms with van der Waals surface area (Å²) in [5, 5.41) is 8.98. The molecule has 172 valence electrons. The molecular formula is C24H25Cl2N5O2. The van der Waals surface area contributed by atoms with Gasteiger partial charge in [-0.15, -0.1) is 0 Å². The second-order valence-electron chi connectivity index (χ2n) is 8.43. The molecule has 2 aliphatic rings. The maximum absolute atomic E-state index is 13.4. The fourth-order valence-electron chi connectivity index (χ4n) is 4.62. The van der Waals surface area contributed by atoms with Gasteiger partial charge in [0.25, 0.3) is 0 Å². The van der Waals surface area contributed by atoms with Crippen LogP contribution in [0, 0.1) is 0 Å². The molecule has 3 heterocycles. The van der Waals surface area contributed by atoms with Gasteiger partial charge >= 0.3 is 6.03 Å². The average molecular weight is 486 g/mol. The van der Waals surface area contributed by atoms with Crippen molar-refractivity contribution >= 4 is 29.2 Å². The molecule has 1 fully saturated rings. The van der Waals surface area contributed by atoms with Crippen molar-refractivity contribution < 1.29 is 9.53 Å². The number of nitrogens with zero attached hydrogens (tertiary/aromatic N) is 4. The van der Waals surface area contributed by atoms with E-state index in [1.807, 2.05) is 52.0 Å². The fourth-order valence-corrected chi connectivity index (χ4v) is 4.91. The van der Waals surface area contributed by atoms with Gasteiger partial charge in [-0.3, -0.25) is 0 Å². The van der Waals surface area contributed by atoms with Gasteiger partial charge in [0.2, 0.25) is 0 Å². The number of carbonyl (C=O) groups excluding carboxylic acids is 1. The number of rotatable bonds is 4. The minimum absolute atomic E-state index is 0.0913. The lowest BCUT2D eigenvalue weighted by atomic mass is 10.0. The molecule has 1 N–H and O–H groups in total. The van der Waals surface area contributed by atoms with Crippen molar-refractivity contribution in [3.63, 3.8) is 0 Å². The highest BCUT2D eigenvalue weighted by atomic mass is 35.5. The molecule has 2 unspecified atom stereocenters. The van der Waals surface area contributed by atoms with Gasteiger partial charge in [-0.05, 0) is 55.5 Å².